The van der Waals surface area contributed by atoms with Crippen molar-refractivity contribution in [3.63, 3.8) is 0 Å². The molecular weight excluding hydrogens is 284 g/mol. The van der Waals surface area contributed by atoms with Crippen molar-refractivity contribution < 1.29 is 9.59 Å². The van der Waals surface area contributed by atoms with Crippen LogP contribution in [-0.4, -0.2) is 35.3 Å². The average Bonchev–Trinajstić information content (AvgIpc) is 2.93. The molecular formula is C16H24N2O2S. The highest BCUT2D eigenvalue weighted by Gasteiger charge is 2.35. The van der Waals surface area contributed by atoms with Crippen molar-refractivity contribution >= 4 is 23.2 Å². The second-order valence-electron chi connectivity index (χ2n) is 5.84. The SMILES string of the molecule is CCC(C)C1NC(=O)CC(C)N(CCc2cccs2)C1=O. The van der Waals surface area contributed by atoms with E-state index in [4.69, 9.17) is 0 Å². The van der Waals surface area contributed by atoms with Crippen LogP contribution in [0, 0.1) is 5.92 Å². The van der Waals surface area contributed by atoms with Gasteiger partial charge < -0.3 is 10.2 Å². The lowest BCUT2D eigenvalue weighted by Crippen LogP contribution is -2.50. The number of nitrogens with one attached hydrogen (secondary N) is 1. The molecule has 5 heteroatoms. The minimum absolute atomic E-state index is 0.0141. The van der Waals surface area contributed by atoms with Crippen LogP contribution in [0.2, 0.25) is 0 Å². The van der Waals surface area contributed by atoms with Gasteiger partial charge in [0, 0.05) is 23.9 Å². The van der Waals surface area contributed by atoms with Gasteiger partial charge >= 0.3 is 0 Å². The zero-order chi connectivity index (χ0) is 15.4. The summed E-state index contributed by atoms with van der Waals surface area (Å²) in [4.78, 5) is 27.9. The van der Waals surface area contributed by atoms with Crippen molar-refractivity contribution in [1.29, 1.82) is 0 Å². The van der Waals surface area contributed by atoms with Crippen LogP contribution in [0.4, 0.5) is 0 Å². The molecule has 2 heterocycles. The zero-order valence-electron chi connectivity index (χ0n) is 13.0. The maximum atomic E-state index is 12.8. The van der Waals surface area contributed by atoms with Crippen molar-refractivity contribution in [2.24, 2.45) is 5.92 Å². The van der Waals surface area contributed by atoms with Crippen LogP contribution in [0.1, 0.15) is 38.5 Å². The highest BCUT2D eigenvalue weighted by atomic mass is 32.1. The second-order valence-corrected chi connectivity index (χ2v) is 6.88. The Kier molecular flexibility index (Phi) is 5.39. The predicted molar refractivity (Wildman–Crippen MR) is 85.2 cm³/mol. The van der Waals surface area contributed by atoms with Crippen LogP contribution in [0.25, 0.3) is 0 Å². The summed E-state index contributed by atoms with van der Waals surface area (Å²) in [5, 5.41) is 4.96. The molecule has 2 amide bonds. The van der Waals surface area contributed by atoms with E-state index >= 15 is 0 Å². The summed E-state index contributed by atoms with van der Waals surface area (Å²) in [7, 11) is 0. The number of carbonyl (C=O) groups excluding carboxylic acids is 2. The van der Waals surface area contributed by atoms with Crippen LogP contribution in [0.15, 0.2) is 17.5 Å². The molecule has 1 fully saturated rings. The van der Waals surface area contributed by atoms with E-state index in [9.17, 15) is 9.59 Å². The van der Waals surface area contributed by atoms with E-state index in [-0.39, 0.29) is 29.8 Å². The lowest BCUT2D eigenvalue weighted by Gasteiger charge is -2.30. The number of hydrogen-bond acceptors (Lipinski definition) is 3. The molecule has 116 valence electrons. The summed E-state index contributed by atoms with van der Waals surface area (Å²) < 4.78 is 0. The lowest BCUT2D eigenvalue weighted by molar-refractivity contribution is -0.136. The number of amides is 2. The van der Waals surface area contributed by atoms with Gasteiger partial charge in [-0.1, -0.05) is 26.3 Å². The van der Waals surface area contributed by atoms with Gasteiger partial charge in [0.05, 0.1) is 0 Å². The van der Waals surface area contributed by atoms with Gasteiger partial charge in [-0.05, 0) is 30.7 Å². The normalized spacial score (nSPS) is 24.6. The van der Waals surface area contributed by atoms with Crippen LogP contribution in [0.5, 0.6) is 0 Å². The molecule has 0 radical (unpaired) electrons. The third kappa shape index (κ3) is 3.84. The Morgan fingerprint density at radius 2 is 2.24 bits per heavy atom. The molecule has 1 N–H and O–H groups in total. The summed E-state index contributed by atoms with van der Waals surface area (Å²) >= 11 is 1.71. The van der Waals surface area contributed by atoms with E-state index < -0.39 is 0 Å². The maximum absolute atomic E-state index is 12.8. The van der Waals surface area contributed by atoms with Gasteiger partial charge in [-0.2, -0.15) is 0 Å². The molecule has 0 spiro atoms. The molecule has 0 saturated carbocycles. The van der Waals surface area contributed by atoms with Crippen LogP contribution >= 0.6 is 11.3 Å². The van der Waals surface area contributed by atoms with Crippen molar-refractivity contribution in [2.45, 2.75) is 52.1 Å². The number of hydrogen-bond donors (Lipinski definition) is 1. The van der Waals surface area contributed by atoms with Crippen LogP contribution < -0.4 is 5.32 Å². The third-order valence-corrected chi connectivity index (χ3v) is 5.21. The van der Waals surface area contributed by atoms with Gasteiger partial charge in [-0.3, -0.25) is 9.59 Å². The summed E-state index contributed by atoms with van der Waals surface area (Å²) in [6, 6.07) is 3.70. The Morgan fingerprint density at radius 1 is 1.48 bits per heavy atom. The van der Waals surface area contributed by atoms with E-state index in [0.29, 0.717) is 13.0 Å². The Morgan fingerprint density at radius 3 is 2.86 bits per heavy atom. The zero-order valence-corrected chi connectivity index (χ0v) is 13.8. The van der Waals surface area contributed by atoms with Crippen molar-refractivity contribution in [1.82, 2.24) is 10.2 Å². The van der Waals surface area contributed by atoms with Gasteiger partial charge in [-0.15, -0.1) is 11.3 Å². The topological polar surface area (TPSA) is 49.4 Å². The first-order chi connectivity index (χ1) is 10.0. The van der Waals surface area contributed by atoms with E-state index in [0.717, 1.165) is 12.8 Å². The lowest BCUT2D eigenvalue weighted by atomic mass is 9.98. The number of nitrogens with zero attached hydrogens (tertiary/aromatic N) is 1. The summed E-state index contributed by atoms with van der Waals surface area (Å²) in [5.41, 5.74) is 0. The van der Waals surface area contributed by atoms with E-state index in [1.807, 2.05) is 24.8 Å². The van der Waals surface area contributed by atoms with Crippen molar-refractivity contribution in [2.75, 3.05) is 6.54 Å². The van der Waals surface area contributed by atoms with Gasteiger partial charge in [0.15, 0.2) is 0 Å². The smallest absolute Gasteiger partial charge is 0.245 e. The molecule has 1 aromatic rings. The Labute approximate surface area is 130 Å². The summed E-state index contributed by atoms with van der Waals surface area (Å²) in [6.07, 6.45) is 2.13. The second kappa shape index (κ2) is 7.07. The summed E-state index contributed by atoms with van der Waals surface area (Å²) in [6.45, 7) is 6.72. The largest absolute Gasteiger partial charge is 0.344 e. The monoisotopic (exact) mass is 308 g/mol. The first-order valence-electron chi connectivity index (χ1n) is 7.65. The molecule has 3 atom stereocenters. The highest BCUT2D eigenvalue weighted by molar-refractivity contribution is 7.09. The molecule has 0 aromatic carbocycles. The summed E-state index contributed by atoms with van der Waals surface area (Å²) in [5.74, 6) is 0.218. The first kappa shape index (κ1) is 16.0. The molecule has 0 aliphatic carbocycles. The van der Waals surface area contributed by atoms with Crippen LogP contribution in [-0.2, 0) is 16.0 Å². The van der Waals surface area contributed by atoms with E-state index in [2.05, 4.69) is 23.7 Å². The van der Waals surface area contributed by atoms with E-state index in [1.54, 1.807) is 11.3 Å². The predicted octanol–water partition coefficient (Wildman–Crippen LogP) is 2.44. The maximum Gasteiger partial charge on any atom is 0.245 e. The Balaban J connectivity index is 2.11. The Bertz CT molecular complexity index is 486. The van der Waals surface area contributed by atoms with Crippen LogP contribution in [0.3, 0.4) is 0 Å². The fraction of sp³-hybridized carbons (Fsp3) is 0.625. The van der Waals surface area contributed by atoms with E-state index in [1.165, 1.54) is 4.88 Å². The minimum atomic E-state index is -0.379. The third-order valence-electron chi connectivity index (χ3n) is 4.27. The van der Waals surface area contributed by atoms with Crippen molar-refractivity contribution in [3.8, 4) is 0 Å². The van der Waals surface area contributed by atoms with Gasteiger partial charge in [-0.25, -0.2) is 0 Å². The highest BCUT2D eigenvalue weighted by Crippen LogP contribution is 2.19. The van der Waals surface area contributed by atoms with Gasteiger partial charge in [0.2, 0.25) is 11.8 Å². The molecule has 1 aliphatic heterocycles. The Hall–Kier alpha value is -1.36. The number of thiophene rings is 1. The van der Waals surface area contributed by atoms with Gasteiger partial charge in [0.25, 0.3) is 0 Å². The molecule has 1 aliphatic rings. The molecule has 1 saturated heterocycles. The average molecular weight is 308 g/mol. The first-order valence-corrected chi connectivity index (χ1v) is 8.53. The van der Waals surface area contributed by atoms with Gasteiger partial charge in [0.1, 0.15) is 6.04 Å². The molecule has 3 unspecified atom stereocenters. The molecule has 1 aromatic heterocycles. The molecule has 0 bridgehead atoms. The standard InChI is InChI=1S/C16H24N2O2S/c1-4-11(2)15-16(20)18(12(3)10-14(19)17-15)8-7-13-6-5-9-21-13/h5-6,9,11-12,15H,4,7-8,10H2,1-3H3,(H,17,19). The fourth-order valence-corrected chi connectivity index (χ4v) is 3.40. The fourth-order valence-electron chi connectivity index (χ4n) is 2.71. The number of carbonyl (C=O) groups is 2. The van der Waals surface area contributed by atoms with Crippen molar-refractivity contribution in [3.05, 3.63) is 22.4 Å². The molecule has 2 rings (SSSR count). The minimum Gasteiger partial charge on any atom is -0.344 e. The molecule has 4 nitrogen and oxygen atoms in total. The quantitative estimate of drug-likeness (QED) is 0.908. The number of rotatable bonds is 5. The molecule has 21 heavy (non-hydrogen) atoms.